The minimum Gasteiger partial charge on any atom is -0.449 e. The SMILES string of the molecule is CC(C)COC(=O)N1CCN(S(C)(=O)=O)CC1. The first-order valence-corrected chi connectivity index (χ1v) is 7.52. The number of carbonyl (C=O) groups excluding carboxylic acids is 1. The highest BCUT2D eigenvalue weighted by Gasteiger charge is 2.26. The van der Waals surface area contributed by atoms with Gasteiger partial charge >= 0.3 is 6.09 Å². The minimum atomic E-state index is -3.15. The Bertz CT molecular complexity index is 359. The number of nitrogens with zero attached hydrogens (tertiary/aromatic N) is 2. The van der Waals surface area contributed by atoms with Crippen LogP contribution in [0.3, 0.4) is 0 Å². The van der Waals surface area contributed by atoms with Gasteiger partial charge in [0.1, 0.15) is 0 Å². The molecule has 0 aromatic rings. The van der Waals surface area contributed by atoms with Gasteiger partial charge in [-0.15, -0.1) is 0 Å². The van der Waals surface area contributed by atoms with E-state index < -0.39 is 10.0 Å². The summed E-state index contributed by atoms with van der Waals surface area (Å²) in [6.07, 6.45) is 0.826. The molecule has 17 heavy (non-hydrogen) atoms. The molecule has 1 heterocycles. The van der Waals surface area contributed by atoms with Crippen molar-refractivity contribution in [2.75, 3.05) is 39.0 Å². The summed E-state index contributed by atoms with van der Waals surface area (Å²) < 4.78 is 29.0. The third kappa shape index (κ3) is 4.51. The van der Waals surface area contributed by atoms with Gasteiger partial charge in [-0.3, -0.25) is 0 Å². The van der Waals surface area contributed by atoms with Crippen LogP contribution in [0.1, 0.15) is 13.8 Å². The van der Waals surface area contributed by atoms with Gasteiger partial charge in [0, 0.05) is 26.2 Å². The van der Waals surface area contributed by atoms with E-state index in [1.165, 1.54) is 10.6 Å². The molecule has 0 aromatic heterocycles. The van der Waals surface area contributed by atoms with Crippen molar-refractivity contribution < 1.29 is 17.9 Å². The number of ether oxygens (including phenoxy) is 1. The predicted octanol–water partition coefficient (Wildman–Crippen LogP) is 0.356. The molecule has 0 bridgehead atoms. The molecule has 1 rings (SSSR count). The Hall–Kier alpha value is -0.820. The molecule has 0 radical (unpaired) electrons. The van der Waals surface area contributed by atoms with Gasteiger partial charge in [0.15, 0.2) is 0 Å². The first-order valence-electron chi connectivity index (χ1n) is 5.67. The second kappa shape index (κ2) is 5.68. The van der Waals surface area contributed by atoms with Gasteiger partial charge in [-0.1, -0.05) is 13.8 Å². The lowest BCUT2D eigenvalue weighted by Crippen LogP contribution is -2.50. The maximum absolute atomic E-state index is 11.6. The first-order chi connectivity index (χ1) is 7.80. The van der Waals surface area contributed by atoms with E-state index in [-0.39, 0.29) is 6.09 Å². The lowest BCUT2D eigenvalue weighted by molar-refractivity contribution is 0.0805. The van der Waals surface area contributed by atoms with Crippen molar-refractivity contribution in [3.05, 3.63) is 0 Å². The van der Waals surface area contributed by atoms with Crippen molar-refractivity contribution in [1.29, 1.82) is 0 Å². The number of sulfonamides is 1. The van der Waals surface area contributed by atoms with E-state index in [0.29, 0.717) is 38.7 Å². The first kappa shape index (κ1) is 14.2. The van der Waals surface area contributed by atoms with Gasteiger partial charge in [-0.25, -0.2) is 13.2 Å². The molecule has 6 nitrogen and oxygen atoms in total. The van der Waals surface area contributed by atoms with Crippen molar-refractivity contribution >= 4 is 16.1 Å². The molecule has 0 atom stereocenters. The smallest absolute Gasteiger partial charge is 0.409 e. The molecule has 1 fully saturated rings. The van der Waals surface area contributed by atoms with Crippen LogP contribution < -0.4 is 0 Å². The lowest BCUT2D eigenvalue weighted by Gasteiger charge is -2.32. The number of amides is 1. The molecule has 100 valence electrons. The van der Waals surface area contributed by atoms with Crippen LogP contribution >= 0.6 is 0 Å². The fourth-order valence-corrected chi connectivity index (χ4v) is 2.36. The molecule has 7 heteroatoms. The van der Waals surface area contributed by atoms with Gasteiger partial charge < -0.3 is 9.64 Å². The number of rotatable bonds is 3. The van der Waals surface area contributed by atoms with E-state index in [1.54, 1.807) is 4.90 Å². The molecular weight excluding hydrogens is 244 g/mol. The van der Waals surface area contributed by atoms with Crippen molar-refractivity contribution in [3.63, 3.8) is 0 Å². The molecular formula is C10H20N2O4S. The lowest BCUT2D eigenvalue weighted by atomic mass is 10.2. The van der Waals surface area contributed by atoms with E-state index in [0.717, 1.165) is 0 Å². The molecule has 0 saturated carbocycles. The Morgan fingerprint density at radius 1 is 1.24 bits per heavy atom. The van der Waals surface area contributed by atoms with Gasteiger partial charge in [-0.2, -0.15) is 4.31 Å². The fraction of sp³-hybridized carbons (Fsp3) is 0.900. The molecule has 1 aliphatic heterocycles. The summed E-state index contributed by atoms with van der Waals surface area (Å²) in [5.74, 6) is 0.302. The molecule has 0 N–H and O–H groups in total. The van der Waals surface area contributed by atoms with Crippen LogP contribution in [-0.2, 0) is 14.8 Å². The maximum atomic E-state index is 11.6. The number of hydrogen-bond donors (Lipinski definition) is 0. The zero-order chi connectivity index (χ0) is 13.1. The summed E-state index contributed by atoms with van der Waals surface area (Å²) in [7, 11) is -3.15. The van der Waals surface area contributed by atoms with Gasteiger partial charge in [0.2, 0.25) is 10.0 Å². The van der Waals surface area contributed by atoms with E-state index >= 15 is 0 Å². The second-order valence-electron chi connectivity index (χ2n) is 4.62. The van der Waals surface area contributed by atoms with E-state index in [1.807, 2.05) is 13.8 Å². The summed E-state index contributed by atoms with van der Waals surface area (Å²) in [5.41, 5.74) is 0. The van der Waals surface area contributed by atoms with Crippen LogP contribution in [-0.4, -0.2) is 62.8 Å². The number of carbonyl (C=O) groups is 1. The Morgan fingerprint density at radius 2 is 1.76 bits per heavy atom. The third-order valence-corrected chi connectivity index (χ3v) is 3.81. The third-order valence-electron chi connectivity index (χ3n) is 2.51. The topological polar surface area (TPSA) is 66.9 Å². The maximum Gasteiger partial charge on any atom is 0.409 e. The molecule has 1 aliphatic rings. The number of piperazine rings is 1. The summed E-state index contributed by atoms with van der Waals surface area (Å²) in [5, 5.41) is 0. The molecule has 0 spiro atoms. The second-order valence-corrected chi connectivity index (χ2v) is 6.60. The Labute approximate surface area is 103 Å². The van der Waals surface area contributed by atoms with Crippen molar-refractivity contribution in [2.45, 2.75) is 13.8 Å². The monoisotopic (exact) mass is 264 g/mol. The summed E-state index contributed by atoms with van der Waals surface area (Å²) in [4.78, 5) is 13.1. The van der Waals surface area contributed by atoms with Crippen LogP contribution in [0.25, 0.3) is 0 Å². The average Bonchev–Trinajstić information content (AvgIpc) is 2.25. The zero-order valence-electron chi connectivity index (χ0n) is 10.5. The van der Waals surface area contributed by atoms with E-state index in [2.05, 4.69) is 0 Å². The normalized spacial score (nSPS) is 18.5. The molecule has 0 unspecified atom stereocenters. The van der Waals surface area contributed by atoms with Crippen molar-refractivity contribution in [2.24, 2.45) is 5.92 Å². The minimum absolute atomic E-state index is 0.302. The van der Waals surface area contributed by atoms with Gasteiger partial charge in [-0.05, 0) is 5.92 Å². The molecule has 0 aromatic carbocycles. The standard InChI is InChI=1S/C10H20N2O4S/c1-9(2)8-16-10(13)11-4-6-12(7-5-11)17(3,14)15/h9H,4-8H2,1-3H3. The van der Waals surface area contributed by atoms with E-state index in [9.17, 15) is 13.2 Å². The average molecular weight is 264 g/mol. The fourth-order valence-electron chi connectivity index (χ4n) is 1.53. The zero-order valence-corrected chi connectivity index (χ0v) is 11.4. The van der Waals surface area contributed by atoms with Crippen LogP contribution in [0.5, 0.6) is 0 Å². The molecule has 0 aliphatic carbocycles. The highest BCUT2D eigenvalue weighted by molar-refractivity contribution is 7.88. The molecule has 1 saturated heterocycles. The summed E-state index contributed by atoms with van der Waals surface area (Å²) >= 11 is 0. The van der Waals surface area contributed by atoms with Crippen molar-refractivity contribution in [3.8, 4) is 0 Å². The number of hydrogen-bond acceptors (Lipinski definition) is 4. The van der Waals surface area contributed by atoms with Gasteiger partial charge in [0.05, 0.1) is 12.9 Å². The van der Waals surface area contributed by atoms with E-state index in [4.69, 9.17) is 4.74 Å². The largest absolute Gasteiger partial charge is 0.449 e. The predicted molar refractivity (Wildman–Crippen MR) is 64.2 cm³/mol. The highest BCUT2D eigenvalue weighted by Crippen LogP contribution is 2.07. The highest BCUT2D eigenvalue weighted by atomic mass is 32.2. The summed E-state index contributed by atoms with van der Waals surface area (Å²) in [6.45, 7) is 5.80. The Kier molecular flexibility index (Phi) is 4.76. The Balaban J connectivity index is 2.39. The van der Waals surface area contributed by atoms with Crippen LogP contribution in [0.4, 0.5) is 4.79 Å². The van der Waals surface area contributed by atoms with Gasteiger partial charge in [0.25, 0.3) is 0 Å². The quantitative estimate of drug-likeness (QED) is 0.738. The van der Waals surface area contributed by atoms with Crippen LogP contribution in [0, 0.1) is 5.92 Å². The Morgan fingerprint density at radius 3 is 2.18 bits per heavy atom. The van der Waals surface area contributed by atoms with Crippen LogP contribution in [0.15, 0.2) is 0 Å². The molecule has 1 amide bonds. The summed E-state index contributed by atoms with van der Waals surface area (Å²) in [6, 6.07) is 0. The van der Waals surface area contributed by atoms with Crippen LogP contribution in [0.2, 0.25) is 0 Å². The van der Waals surface area contributed by atoms with Crippen molar-refractivity contribution in [1.82, 2.24) is 9.21 Å².